The highest BCUT2D eigenvalue weighted by atomic mass is 16.5. The van der Waals surface area contributed by atoms with E-state index >= 15 is 0 Å². The van der Waals surface area contributed by atoms with Crippen LogP contribution < -0.4 is 11.3 Å². The fraction of sp³-hybridized carbons (Fsp3) is 0.273. The van der Waals surface area contributed by atoms with Crippen molar-refractivity contribution in [3.05, 3.63) is 44.6 Å². The highest BCUT2D eigenvalue weighted by molar-refractivity contribution is 5.70. The van der Waals surface area contributed by atoms with Crippen LogP contribution in [0.2, 0.25) is 0 Å². The van der Waals surface area contributed by atoms with Gasteiger partial charge in [-0.1, -0.05) is 19.4 Å². The van der Waals surface area contributed by atoms with Crippen LogP contribution in [0.15, 0.2) is 36.6 Å². The van der Waals surface area contributed by atoms with Gasteiger partial charge in [0.15, 0.2) is 11.2 Å². The van der Waals surface area contributed by atoms with Crippen LogP contribution in [0, 0.1) is 0 Å². The number of hydrogen-bond acceptors (Lipinski definition) is 4. The van der Waals surface area contributed by atoms with Crippen molar-refractivity contribution in [3.63, 3.8) is 0 Å². The van der Waals surface area contributed by atoms with E-state index in [0.29, 0.717) is 11.2 Å². The van der Waals surface area contributed by atoms with Crippen molar-refractivity contribution in [2.45, 2.75) is 19.8 Å². The maximum atomic E-state index is 10.9. The Balaban J connectivity index is 0.00000128. The van der Waals surface area contributed by atoms with E-state index in [0.717, 1.165) is 18.4 Å². The molecule has 1 aromatic carbocycles. The Kier molecular flexibility index (Phi) is 3.63. The van der Waals surface area contributed by atoms with Gasteiger partial charge >= 0.3 is 11.3 Å². The minimum atomic E-state index is -0.967. The van der Waals surface area contributed by atoms with Crippen LogP contribution in [-0.2, 0) is 6.42 Å². The molecule has 2 N–H and O–H groups in total. The van der Waals surface area contributed by atoms with Crippen molar-refractivity contribution in [1.29, 1.82) is 0 Å². The highest BCUT2D eigenvalue weighted by Crippen LogP contribution is 2.13. The van der Waals surface area contributed by atoms with E-state index in [9.17, 15) is 9.59 Å². The molecule has 0 unspecified atom stereocenters. The minimum absolute atomic E-state index is 0. The lowest BCUT2D eigenvalue weighted by Gasteiger charge is -1.98. The molecule has 0 amide bonds. The lowest BCUT2D eigenvalue weighted by atomic mass is 10.1. The summed E-state index contributed by atoms with van der Waals surface area (Å²) in [4.78, 5) is 21.8. The number of benzene rings is 1. The summed E-state index contributed by atoms with van der Waals surface area (Å²) in [7, 11) is 0. The summed E-state index contributed by atoms with van der Waals surface area (Å²) < 4.78 is 9.58. The first kappa shape index (κ1) is 12.2. The van der Waals surface area contributed by atoms with Crippen LogP contribution in [-0.4, -0.2) is 5.48 Å². The zero-order chi connectivity index (χ0) is 10.8. The van der Waals surface area contributed by atoms with Gasteiger partial charge in [0.25, 0.3) is 0 Å². The number of hydrogen-bond donors (Lipinski definition) is 0. The topological polar surface area (TPSA) is 91.9 Å². The van der Waals surface area contributed by atoms with Gasteiger partial charge in [-0.15, -0.1) is 0 Å². The molecule has 5 heteroatoms. The van der Waals surface area contributed by atoms with E-state index < -0.39 is 11.3 Å². The molecule has 2 aromatic rings. The lowest BCUT2D eigenvalue weighted by Crippen LogP contribution is -2.20. The van der Waals surface area contributed by atoms with Gasteiger partial charge in [-0.2, -0.15) is 0 Å². The zero-order valence-electron chi connectivity index (χ0n) is 8.78. The van der Waals surface area contributed by atoms with Crippen molar-refractivity contribution < 1.29 is 14.3 Å². The van der Waals surface area contributed by atoms with Crippen molar-refractivity contribution >= 4 is 11.2 Å². The summed E-state index contributed by atoms with van der Waals surface area (Å²) >= 11 is 0. The third-order valence-electron chi connectivity index (χ3n) is 2.12. The van der Waals surface area contributed by atoms with Gasteiger partial charge in [0.1, 0.15) is 0 Å². The summed E-state index contributed by atoms with van der Waals surface area (Å²) in [5.41, 5.74) is -0.242. The average Bonchev–Trinajstić information content (AvgIpc) is 2.21. The molecule has 0 fully saturated rings. The Hall–Kier alpha value is -1.88. The second-order valence-corrected chi connectivity index (χ2v) is 3.31. The number of rotatable bonds is 2. The van der Waals surface area contributed by atoms with Gasteiger partial charge in [0.2, 0.25) is 0 Å². The standard InChI is InChI=1S/C11H10O4.H2O/c1-2-3-7-4-5-8-9(6-7)15-11(13)10(12)14-8;/h4-6H,2-3H2,1H3;1H2. The fourth-order valence-corrected chi connectivity index (χ4v) is 1.44. The average molecular weight is 224 g/mol. The molecule has 1 aromatic heterocycles. The minimum Gasteiger partial charge on any atom is -0.414 e. The highest BCUT2D eigenvalue weighted by Gasteiger charge is 2.04. The number of fused-ring (bicyclic) bond motifs is 1. The van der Waals surface area contributed by atoms with E-state index in [-0.39, 0.29) is 5.48 Å². The molecular formula is C11H12O5. The Labute approximate surface area is 90.6 Å². The van der Waals surface area contributed by atoms with Crippen LogP contribution in [0.4, 0.5) is 0 Å². The van der Waals surface area contributed by atoms with Crippen LogP contribution in [0.25, 0.3) is 11.2 Å². The maximum Gasteiger partial charge on any atom is 0.423 e. The smallest absolute Gasteiger partial charge is 0.414 e. The van der Waals surface area contributed by atoms with Gasteiger partial charge in [-0.05, 0) is 24.1 Å². The van der Waals surface area contributed by atoms with Crippen LogP contribution >= 0.6 is 0 Å². The monoisotopic (exact) mass is 224 g/mol. The summed E-state index contributed by atoms with van der Waals surface area (Å²) in [6.45, 7) is 2.06. The Bertz CT molecular complexity index is 593. The molecule has 2 rings (SSSR count). The molecule has 0 atom stereocenters. The molecule has 0 aliphatic carbocycles. The first-order valence-electron chi connectivity index (χ1n) is 4.77. The molecule has 5 nitrogen and oxygen atoms in total. The third kappa shape index (κ3) is 2.20. The summed E-state index contributed by atoms with van der Waals surface area (Å²) in [5, 5.41) is 0. The molecule has 0 aliphatic rings. The van der Waals surface area contributed by atoms with Crippen molar-refractivity contribution in [1.82, 2.24) is 0 Å². The molecule has 0 aliphatic heterocycles. The second-order valence-electron chi connectivity index (χ2n) is 3.31. The van der Waals surface area contributed by atoms with Crippen molar-refractivity contribution in [2.75, 3.05) is 0 Å². The van der Waals surface area contributed by atoms with Gasteiger partial charge in [0.05, 0.1) is 0 Å². The number of aryl methyl sites for hydroxylation is 1. The largest absolute Gasteiger partial charge is 0.423 e. The summed E-state index contributed by atoms with van der Waals surface area (Å²) in [6, 6.07) is 5.22. The van der Waals surface area contributed by atoms with Crippen molar-refractivity contribution in [2.24, 2.45) is 0 Å². The predicted molar refractivity (Wildman–Crippen MR) is 58.6 cm³/mol. The van der Waals surface area contributed by atoms with Gasteiger partial charge in [-0.3, -0.25) is 0 Å². The summed E-state index contributed by atoms with van der Waals surface area (Å²) in [6.07, 6.45) is 1.91. The predicted octanol–water partition coefficient (Wildman–Crippen LogP) is 0.874. The fourth-order valence-electron chi connectivity index (χ4n) is 1.44. The van der Waals surface area contributed by atoms with E-state index in [1.54, 1.807) is 12.1 Å². The first-order valence-corrected chi connectivity index (χ1v) is 4.77. The Morgan fingerprint density at radius 1 is 1.06 bits per heavy atom. The van der Waals surface area contributed by atoms with Gasteiger partial charge in [-0.25, -0.2) is 9.59 Å². The molecule has 86 valence electrons. The van der Waals surface area contributed by atoms with Crippen molar-refractivity contribution in [3.8, 4) is 0 Å². The molecular weight excluding hydrogens is 212 g/mol. The molecule has 1 heterocycles. The molecule has 0 saturated heterocycles. The normalized spacial score (nSPS) is 10.1. The zero-order valence-corrected chi connectivity index (χ0v) is 8.78. The van der Waals surface area contributed by atoms with Crippen LogP contribution in [0.1, 0.15) is 18.9 Å². The van der Waals surface area contributed by atoms with E-state index in [2.05, 4.69) is 6.92 Å². The molecule has 16 heavy (non-hydrogen) atoms. The lowest BCUT2D eigenvalue weighted by molar-refractivity contribution is 0.448. The molecule has 0 spiro atoms. The van der Waals surface area contributed by atoms with Crippen LogP contribution in [0.5, 0.6) is 0 Å². The van der Waals surface area contributed by atoms with Gasteiger partial charge < -0.3 is 14.3 Å². The third-order valence-corrected chi connectivity index (χ3v) is 2.12. The molecule has 0 saturated carbocycles. The maximum absolute atomic E-state index is 10.9. The van der Waals surface area contributed by atoms with E-state index in [4.69, 9.17) is 8.83 Å². The first-order chi connectivity index (χ1) is 7.20. The van der Waals surface area contributed by atoms with Gasteiger partial charge in [0, 0.05) is 0 Å². The quantitative estimate of drug-likeness (QED) is 0.707. The molecule has 0 bridgehead atoms. The SMILES string of the molecule is CCCc1ccc2oc(=O)c(=O)oc2c1.O. The Morgan fingerprint density at radius 3 is 2.31 bits per heavy atom. The summed E-state index contributed by atoms with van der Waals surface area (Å²) in [5.74, 6) is 0. The second kappa shape index (κ2) is 4.76. The molecule has 0 radical (unpaired) electrons. The van der Waals surface area contributed by atoms with E-state index in [1.807, 2.05) is 6.07 Å². The van der Waals surface area contributed by atoms with E-state index in [1.165, 1.54) is 0 Å². The Morgan fingerprint density at radius 2 is 1.69 bits per heavy atom. The van der Waals surface area contributed by atoms with Crippen LogP contribution in [0.3, 0.4) is 0 Å².